The molecule has 0 aliphatic heterocycles. The second kappa shape index (κ2) is 3.50. The maximum Gasteiger partial charge on any atom is 0.349 e. The minimum Gasteiger partial charge on any atom is -0.462 e. The van der Waals surface area contributed by atoms with Crippen molar-refractivity contribution in [3.05, 3.63) is 11.6 Å². The van der Waals surface area contributed by atoms with Gasteiger partial charge in [-0.15, -0.1) is 0 Å². The van der Waals surface area contributed by atoms with Crippen molar-refractivity contribution in [1.82, 2.24) is 0 Å². The Morgan fingerprint density at radius 3 is 2.50 bits per heavy atom. The van der Waals surface area contributed by atoms with Gasteiger partial charge in [0, 0.05) is 0 Å². The van der Waals surface area contributed by atoms with E-state index in [4.69, 9.17) is 11.6 Å². The summed E-state index contributed by atoms with van der Waals surface area (Å²) >= 11 is 5.14. The van der Waals surface area contributed by atoms with E-state index in [-0.39, 0.29) is 5.03 Å². The first-order chi connectivity index (χ1) is 3.68. The summed E-state index contributed by atoms with van der Waals surface area (Å²) in [5, 5.41) is -0.0770. The molecule has 0 N–H and O–H groups in total. The van der Waals surface area contributed by atoms with Crippen LogP contribution in [0.15, 0.2) is 11.6 Å². The van der Waals surface area contributed by atoms with Crippen molar-refractivity contribution >= 4 is 17.6 Å². The van der Waals surface area contributed by atoms with Crippen LogP contribution in [0.1, 0.15) is 6.92 Å². The number of ether oxygens (including phenoxy) is 1. The summed E-state index contributed by atoms with van der Waals surface area (Å²) in [6.45, 7) is 5.21. The molecule has 0 aromatic heterocycles. The molecule has 0 amide bonds. The molecule has 0 aromatic rings. The Kier molecular flexibility index (Phi) is 3.28. The third-order valence-corrected chi connectivity index (χ3v) is 0.651. The third-order valence-electron chi connectivity index (χ3n) is 0.497. The van der Waals surface area contributed by atoms with Gasteiger partial charge in [-0.2, -0.15) is 0 Å². The summed E-state index contributed by atoms with van der Waals surface area (Å²) in [4.78, 5) is 10.3. The summed E-state index contributed by atoms with van der Waals surface area (Å²) in [7, 11) is 0. The van der Waals surface area contributed by atoms with Gasteiger partial charge in [0.05, 0.1) is 6.61 Å². The highest BCUT2D eigenvalue weighted by atomic mass is 35.5. The molecule has 0 aliphatic rings. The molecule has 0 radical (unpaired) electrons. The quantitative estimate of drug-likeness (QED) is 0.420. The fourth-order valence-corrected chi connectivity index (χ4v) is 0.264. The van der Waals surface area contributed by atoms with Gasteiger partial charge in [0.15, 0.2) is 0 Å². The van der Waals surface area contributed by atoms with Crippen LogP contribution in [0.25, 0.3) is 0 Å². The topological polar surface area (TPSA) is 26.3 Å². The SMILES string of the molecule is C=C(Cl)C(=O)OCC. The van der Waals surface area contributed by atoms with E-state index in [2.05, 4.69) is 11.3 Å². The largest absolute Gasteiger partial charge is 0.462 e. The molecule has 0 unspecified atom stereocenters. The summed E-state index contributed by atoms with van der Waals surface area (Å²) < 4.78 is 4.43. The predicted octanol–water partition coefficient (Wildman–Crippen LogP) is 1.30. The highest BCUT2D eigenvalue weighted by molar-refractivity contribution is 6.40. The van der Waals surface area contributed by atoms with E-state index in [1.54, 1.807) is 6.92 Å². The lowest BCUT2D eigenvalue weighted by Gasteiger charge is -1.95. The summed E-state index contributed by atoms with van der Waals surface area (Å²) in [6.07, 6.45) is 0. The first-order valence-corrected chi connectivity index (χ1v) is 2.57. The zero-order chi connectivity index (χ0) is 6.57. The van der Waals surface area contributed by atoms with Crippen molar-refractivity contribution in [2.24, 2.45) is 0 Å². The van der Waals surface area contributed by atoms with Gasteiger partial charge in [-0.25, -0.2) is 4.79 Å². The fourth-order valence-electron chi connectivity index (χ4n) is 0.209. The molecule has 0 aliphatic carbocycles. The first-order valence-electron chi connectivity index (χ1n) is 2.20. The number of rotatable bonds is 2. The Labute approximate surface area is 53.1 Å². The molecule has 0 saturated carbocycles. The number of carbonyl (C=O) groups is 1. The number of halogens is 1. The smallest absolute Gasteiger partial charge is 0.349 e. The Balaban J connectivity index is 3.49. The average molecular weight is 135 g/mol. The van der Waals surface area contributed by atoms with Gasteiger partial charge in [0.25, 0.3) is 0 Å². The van der Waals surface area contributed by atoms with Crippen molar-refractivity contribution < 1.29 is 9.53 Å². The molecule has 0 heterocycles. The maximum atomic E-state index is 10.3. The van der Waals surface area contributed by atoms with Crippen LogP contribution in [0.2, 0.25) is 0 Å². The van der Waals surface area contributed by atoms with Gasteiger partial charge in [-0.1, -0.05) is 18.2 Å². The molecular formula is C5H7ClO2. The fraction of sp³-hybridized carbons (Fsp3) is 0.400. The number of hydrogen-bond donors (Lipinski definition) is 0. The third kappa shape index (κ3) is 2.64. The van der Waals surface area contributed by atoms with E-state index >= 15 is 0 Å². The summed E-state index contributed by atoms with van der Waals surface area (Å²) in [6, 6.07) is 0. The van der Waals surface area contributed by atoms with Crippen LogP contribution in [-0.2, 0) is 9.53 Å². The molecular weight excluding hydrogens is 128 g/mol. The molecule has 8 heavy (non-hydrogen) atoms. The van der Waals surface area contributed by atoms with E-state index in [9.17, 15) is 4.79 Å². The van der Waals surface area contributed by atoms with Crippen molar-refractivity contribution in [2.45, 2.75) is 6.92 Å². The molecule has 3 heteroatoms. The van der Waals surface area contributed by atoms with Crippen LogP contribution in [-0.4, -0.2) is 12.6 Å². The van der Waals surface area contributed by atoms with Gasteiger partial charge >= 0.3 is 5.97 Å². The van der Waals surface area contributed by atoms with Crippen LogP contribution in [0, 0.1) is 0 Å². The lowest BCUT2D eigenvalue weighted by molar-refractivity contribution is -0.137. The van der Waals surface area contributed by atoms with E-state index in [1.807, 2.05) is 0 Å². The Hall–Kier alpha value is -0.500. The van der Waals surface area contributed by atoms with E-state index in [1.165, 1.54) is 0 Å². The van der Waals surface area contributed by atoms with Crippen LogP contribution in [0.4, 0.5) is 0 Å². The Morgan fingerprint density at radius 2 is 2.38 bits per heavy atom. The number of esters is 1. The average Bonchev–Trinajstić information content (AvgIpc) is 1.67. The van der Waals surface area contributed by atoms with Gasteiger partial charge < -0.3 is 4.74 Å². The minimum atomic E-state index is -0.547. The Bertz CT molecular complexity index is 109. The first kappa shape index (κ1) is 7.50. The van der Waals surface area contributed by atoms with Gasteiger partial charge in [-0.05, 0) is 6.92 Å². The van der Waals surface area contributed by atoms with Crippen LogP contribution < -0.4 is 0 Å². The van der Waals surface area contributed by atoms with E-state index in [0.717, 1.165) is 0 Å². The standard InChI is InChI=1S/C5H7ClO2/c1-3-8-5(7)4(2)6/h2-3H2,1H3. The van der Waals surface area contributed by atoms with Crippen LogP contribution in [0.5, 0.6) is 0 Å². The lowest BCUT2D eigenvalue weighted by atomic mass is 10.6. The van der Waals surface area contributed by atoms with Crippen molar-refractivity contribution in [1.29, 1.82) is 0 Å². The number of hydrogen-bond acceptors (Lipinski definition) is 2. The molecule has 0 saturated heterocycles. The van der Waals surface area contributed by atoms with Gasteiger partial charge in [0.2, 0.25) is 0 Å². The zero-order valence-electron chi connectivity index (χ0n) is 4.61. The second-order valence-corrected chi connectivity index (χ2v) is 1.58. The zero-order valence-corrected chi connectivity index (χ0v) is 5.36. The van der Waals surface area contributed by atoms with E-state index in [0.29, 0.717) is 6.61 Å². The number of carbonyl (C=O) groups excluding carboxylic acids is 1. The molecule has 0 bridgehead atoms. The Morgan fingerprint density at radius 1 is 1.88 bits per heavy atom. The molecule has 0 fully saturated rings. The summed E-state index contributed by atoms with van der Waals surface area (Å²) in [5.41, 5.74) is 0. The molecule has 0 aromatic carbocycles. The molecule has 0 spiro atoms. The lowest BCUT2D eigenvalue weighted by Crippen LogP contribution is -2.01. The minimum absolute atomic E-state index is 0.0770. The van der Waals surface area contributed by atoms with Crippen molar-refractivity contribution in [3.63, 3.8) is 0 Å². The molecule has 0 rings (SSSR count). The highest BCUT2D eigenvalue weighted by Crippen LogP contribution is 1.98. The van der Waals surface area contributed by atoms with Gasteiger partial charge in [0.1, 0.15) is 5.03 Å². The second-order valence-electron chi connectivity index (χ2n) is 1.13. The van der Waals surface area contributed by atoms with Crippen molar-refractivity contribution in [3.8, 4) is 0 Å². The van der Waals surface area contributed by atoms with Crippen LogP contribution in [0.3, 0.4) is 0 Å². The predicted molar refractivity (Wildman–Crippen MR) is 31.6 cm³/mol. The monoisotopic (exact) mass is 134 g/mol. The summed E-state index contributed by atoms with van der Waals surface area (Å²) in [5.74, 6) is -0.547. The van der Waals surface area contributed by atoms with Crippen LogP contribution >= 0.6 is 11.6 Å². The molecule has 46 valence electrons. The highest BCUT2D eigenvalue weighted by Gasteiger charge is 2.00. The normalized spacial score (nSPS) is 8.25. The maximum absolute atomic E-state index is 10.3. The molecule has 2 nitrogen and oxygen atoms in total. The van der Waals surface area contributed by atoms with Gasteiger partial charge in [-0.3, -0.25) is 0 Å². The van der Waals surface area contributed by atoms with Crippen molar-refractivity contribution in [2.75, 3.05) is 6.61 Å². The van der Waals surface area contributed by atoms with E-state index < -0.39 is 5.97 Å². The molecule has 0 atom stereocenters.